The number of hydrogen-bond acceptors (Lipinski definition) is 4. The second kappa shape index (κ2) is 12.1. The van der Waals surface area contributed by atoms with Crippen LogP contribution in [0.4, 0.5) is 11.5 Å². The summed E-state index contributed by atoms with van der Waals surface area (Å²) in [4.78, 5) is 45.5. The summed E-state index contributed by atoms with van der Waals surface area (Å²) in [7, 11) is 0. The van der Waals surface area contributed by atoms with Crippen LogP contribution in [0.2, 0.25) is 0 Å². The molecule has 188 valence electrons. The first-order chi connectivity index (χ1) is 17.2. The fourth-order valence-corrected chi connectivity index (χ4v) is 4.01. The topological polar surface area (TPSA) is 91.4 Å². The molecule has 0 radical (unpaired) electrons. The van der Waals surface area contributed by atoms with Gasteiger partial charge in [-0.15, -0.1) is 0 Å². The number of hydrogen-bond donors (Lipinski definition) is 2. The minimum Gasteiger partial charge on any atom is -0.352 e. The first-order valence-corrected chi connectivity index (χ1v) is 12.1. The maximum atomic E-state index is 13.8. The quantitative estimate of drug-likeness (QED) is 0.444. The van der Waals surface area contributed by atoms with E-state index < -0.39 is 6.04 Å². The molecule has 1 heterocycles. The zero-order valence-corrected chi connectivity index (χ0v) is 21.5. The van der Waals surface area contributed by atoms with E-state index in [1.54, 1.807) is 24.4 Å². The van der Waals surface area contributed by atoms with Gasteiger partial charge in [0.2, 0.25) is 17.7 Å². The van der Waals surface area contributed by atoms with Crippen molar-refractivity contribution in [1.29, 1.82) is 0 Å². The van der Waals surface area contributed by atoms with Crippen LogP contribution in [0, 0.1) is 20.8 Å². The smallest absolute Gasteiger partial charge is 0.248 e. The van der Waals surface area contributed by atoms with E-state index in [1.165, 1.54) is 4.90 Å². The van der Waals surface area contributed by atoms with Crippen LogP contribution in [0.25, 0.3) is 0 Å². The number of carbonyl (C=O) groups excluding carboxylic acids is 3. The molecular formula is C29H34N4O3. The lowest BCUT2D eigenvalue weighted by molar-refractivity contribution is -0.127. The number of amides is 3. The Hall–Kier alpha value is -4.00. The molecule has 1 aromatic heterocycles. The van der Waals surface area contributed by atoms with E-state index in [0.717, 1.165) is 16.7 Å². The predicted octanol–water partition coefficient (Wildman–Crippen LogP) is 5.02. The summed E-state index contributed by atoms with van der Waals surface area (Å²) < 4.78 is 0. The highest BCUT2D eigenvalue weighted by molar-refractivity contribution is 6.03. The third kappa shape index (κ3) is 7.01. The van der Waals surface area contributed by atoms with Crippen molar-refractivity contribution in [3.8, 4) is 0 Å². The number of nitrogens with zero attached hydrogens (tertiary/aromatic N) is 2. The van der Waals surface area contributed by atoms with Crippen molar-refractivity contribution in [2.24, 2.45) is 0 Å². The van der Waals surface area contributed by atoms with Crippen molar-refractivity contribution in [3.05, 3.63) is 89.1 Å². The molecule has 7 nitrogen and oxygen atoms in total. The monoisotopic (exact) mass is 486 g/mol. The fraction of sp³-hybridized carbons (Fsp3) is 0.310. The minimum absolute atomic E-state index is 0.0385. The van der Waals surface area contributed by atoms with E-state index in [2.05, 4.69) is 15.6 Å². The molecule has 2 N–H and O–H groups in total. The molecule has 0 spiro atoms. The third-order valence-corrected chi connectivity index (χ3v) is 5.71. The summed E-state index contributed by atoms with van der Waals surface area (Å²) in [6, 6.07) is 17.6. The van der Waals surface area contributed by atoms with Gasteiger partial charge in [-0.05, 0) is 63.9 Å². The van der Waals surface area contributed by atoms with Crippen molar-refractivity contribution in [1.82, 2.24) is 10.3 Å². The SMILES string of the molecule is Cc1ccc([C@H](C(=O)NC(C)C)N(C(=O)CCC(=O)Nc2ccccn2)c2ccc(C)cc2C)cc1. The Morgan fingerprint density at radius 2 is 1.58 bits per heavy atom. The van der Waals surface area contributed by atoms with Crippen LogP contribution < -0.4 is 15.5 Å². The van der Waals surface area contributed by atoms with Crippen LogP contribution in [-0.4, -0.2) is 28.7 Å². The largest absolute Gasteiger partial charge is 0.352 e. The molecule has 0 aliphatic heterocycles. The number of benzene rings is 2. The molecule has 0 saturated carbocycles. The Morgan fingerprint density at radius 1 is 0.889 bits per heavy atom. The Morgan fingerprint density at radius 3 is 2.19 bits per heavy atom. The van der Waals surface area contributed by atoms with E-state index in [0.29, 0.717) is 17.1 Å². The van der Waals surface area contributed by atoms with Crippen LogP contribution in [0.3, 0.4) is 0 Å². The standard InChI is InChI=1S/C29H34N4O3/c1-19(2)31-29(36)28(23-12-9-20(3)10-13-23)33(24-14-11-21(4)18-22(24)5)27(35)16-15-26(34)32-25-8-6-7-17-30-25/h6-14,17-19,28H,15-16H2,1-5H3,(H,31,36)(H,30,32,34)/t28-/m1/s1. The normalized spacial score (nSPS) is 11.6. The van der Waals surface area contributed by atoms with Crippen LogP contribution in [0.15, 0.2) is 66.9 Å². The van der Waals surface area contributed by atoms with Gasteiger partial charge in [-0.3, -0.25) is 19.3 Å². The highest BCUT2D eigenvalue weighted by Gasteiger charge is 2.33. The summed E-state index contributed by atoms with van der Waals surface area (Å²) >= 11 is 0. The molecule has 0 fully saturated rings. The molecule has 36 heavy (non-hydrogen) atoms. The Balaban J connectivity index is 1.97. The van der Waals surface area contributed by atoms with Crippen LogP contribution >= 0.6 is 0 Å². The Bertz CT molecular complexity index is 1210. The summed E-state index contributed by atoms with van der Waals surface area (Å²) in [5.74, 6) is -0.487. The molecule has 0 saturated heterocycles. The number of aromatic nitrogens is 1. The van der Waals surface area contributed by atoms with Gasteiger partial charge in [-0.25, -0.2) is 4.98 Å². The molecule has 0 bridgehead atoms. The number of anilines is 2. The minimum atomic E-state index is -0.888. The van der Waals surface area contributed by atoms with Gasteiger partial charge in [0.15, 0.2) is 0 Å². The molecule has 3 amide bonds. The van der Waals surface area contributed by atoms with Gasteiger partial charge in [0, 0.05) is 30.8 Å². The Kier molecular flexibility index (Phi) is 8.95. The summed E-state index contributed by atoms with van der Waals surface area (Å²) in [6.07, 6.45) is 1.48. The van der Waals surface area contributed by atoms with Gasteiger partial charge in [-0.1, -0.05) is 53.6 Å². The van der Waals surface area contributed by atoms with E-state index in [9.17, 15) is 14.4 Å². The highest BCUT2D eigenvalue weighted by Crippen LogP contribution is 2.32. The van der Waals surface area contributed by atoms with Gasteiger partial charge in [0.1, 0.15) is 11.9 Å². The molecule has 1 atom stereocenters. The number of aryl methyl sites for hydroxylation is 3. The van der Waals surface area contributed by atoms with E-state index in [1.807, 2.05) is 77.1 Å². The molecule has 2 aromatic carbocycles. The molecule has 0 aliphatic carbocycles. The van der Waals surface area contributed by atoms with Gasteiger partial charge < -0.3 is 10.6 Å². The lowest BCUT2D eigenvalue weighted by Crippen LogP contribution is -2.46. The van der Waals surface area contributed by atoms with Crippen molar-refractivity contribution in [2.45, 2.75) is 59.5 Å². The molecule has 3 rings (SSSR count). The van der Waals surface area contributed by atoms with E-state index in [4.69, 9.17) is 0 Å². The number of carbonyl (C=O) groups is 3. The van der Waals surface area contributed by atoms with Gasteiger partial charge in [-0.2, -0.15) is 0 Å². The van der Waals surface area contributed by atoms with Gasteiger partial charge >= 0.3 is 0 Å². The molecular weight excluding hydrogens is 452 g/mol. The van der Waals surface area contributed by atoms with Gasteiger partial charge in [0.05, 0.1) is 0 Å². The average Bonchev–Trinajstić information content (AvgIpc) is 2.82. The first kappa shape index (κ1) is 26.6. The maximum Gasteiger partial charge on any atom is 0.248 e. The van der Waals surface area contributed by atoms with Crippen LogP contribution in [0.1, 0.15) is 55.0 Å². The highest BCUT2D eigenvalue weighted by atomic mass is 16.2. The zero-order valence-electron chi connectivity index (χ0n) is 21.5. The molecule has 3 aromatic rings. The predicted molar refractivity (Wildman–Crippen MR) is 143 cm³/mol. The van der Waals surface area contributed by atoms with E-state index >= 15 is 0 Å². The lowest BCUT2D eigenvalue weighted by Gasteiger charge is -2.33. The molecule has 7 heteroatoms. The third-order valence-electron chi connectivity index (χ3n) is 5.71. The van der Waals surface area contributed by atoms with Crippen molar-refractivity contribution in [2.75, 3.05) is 10.2 Å². The number of rotatable bonds is 9. The molecule has 0 aliphatic rings. The number of nitrogens with one attached hydrogen (secondary N) is 2. The lowest BCUT2D eigenvalue weighted by atomic mass is 9.99. The summed E-state index contributed by atoms with van der Waals surface area (Å²) in [6.45, 7) is 9.64. The van der Waals surface area contributed by atoms with Crippen LogP contribution in [0.5, 0.6) is 0 Å². The average molecular weight is 487 g/mol. The fourth-order valence-electron chi connectivity index (χ4n) is 4.01. The van der Waals surface area contributed by atoms with Crippen molar-refractivity contribution >= 4 is 29.2 Å². The zero-order chi connectivity index (χ0) is 26.2. The second-order valence-corrected chi connectivity index (χ2v) is 9.29. The Labute approximate surface area is 212 Å². The van der Waals surface area contributed by atoms with E-state index in [-0.39, 0.29) is 36.6 Å². The summed E-state index contributed by atoms with van der Waals surface area (Å²) in [5, 5.41) is 5.68. The molecule has 0 unspecified atom stereocenters. The van der Waals surface area contributed by atoms with Gasteiger partial charge in [0.25, 0.3) is 0 Å². The summed E-state index contributed by atoms with van der Waals surface area (Å²) in [5.41, 5.74) is 4.32. The number of pyridine rings is 1. The second-order valence-electron chi connectivity index (χ2n) is 9.29. The van der Waals surface area contributed by atoms with Crippen LogP contribution in [-0.2, 0) is 14.4 Å². The van der Waals surface area contributed by atoms with Crippen molar-refractivity contribution < 1.29 is 14.4 Å². The van der Waals surface area contributed by atoms with Crippen molar-refractivity contribution in [3.63, 3.8) is 0 Å². The first-order valence-electron chi connectivity index (χ1n) is 12.1. The maximum absolute atomic E-state index is 13.8.